The second kappa shape index (κ2) is 19.8. The average Bonchev–Trinajstić information content (AvgIpc) is 3.83. The molecule has 6 rings (SSSR count). The third-order valence-electron chi connectivity index (χ3n) is 9.89. The van der Waals surface area contributed by atoms with Gasteiger partial charge in [-0.2, -0.15) is 0 Å². The number of amides is 4. The van der Waals surface area contributed by atoms with Crippen LogP contribution < -0.4 is 11.0 Å². The maximum Gasteiger partial charge on any atom is 0.243 e. The van der Waals surface area contributed by atoms with Crippen molar-refractivity contribution in [1.29, 1.82) is 0 Å². The van der Waals surface area contributed by atoms with Crippen LogP contribution >= 0.6 is 11.3 Å². The van der Waals surface area contributed by atoms with Crippen LogP contribution in [0.25, 0.3) is 21.5 Å². The maximum atomic E-state index is 12.6. The molecule has 2 fully saturated rings. The summed E-state index contributed by atoms with van der Waals surface area (Å²) in [7, 11) is 0. The van der Waals surface area contributed by atoms with Crippen LogP contribution in [0, 0.1) is 11.8 Å². The number of rotatable bonds is 13. The first-order valence-electron chi connectivity index (χ1n) is 18.1. The number of hydrogen-bond acceptors (Lipinski definition) is 10. The van der Waals surface area contributed by atoms with Crippen molar-refractivity contribution in [2.24, 2.45) is 11.8 Å². The first-order chi connectivity index (χ1) is 25.3. The van der Waals surface area contributed by atoms with E-state index in [1.807, 2.05) is 69.8 Å². The van der Waals surface area contributed by atoms with Gasteiger partial charge in [-0.05, 0) is 75.3 Å². The van der Waals surface area contributed by atoms with Crippen LogP contribution in [0.15, 0.2) is 64.5 Å². The first-order valence-corrected chi connectivity index (χ1v) is 19.0. The number of benzene rings is 2. The van der Waals surface area contributed by atoms with Gasteiger partial charge in [-0.25, -0.2) is 15.9 Å². The van der Waals surface area contributed by atoms with Crippen LogP contribution in [0.1, 0.15) is 75.6 Å². The molecule has 2 aromatic carbocycles. The molecule has 2 saturated heterocycles. The maximum absolute atomic E-state index is 12.6. The molecule has 14 heteroatoms. The van der Waals surface area contributed by atoms with E-state index in [0.29, 0.717) is 42.4 Å². The van der Waals surface area contributed by atoms with Gasteiger partial charge >= 0.3 is 0 Å². The summed E-state index contributed by atoms with van der Waals surface area (Å²) in [4.78, 5) is 55.6. The quantitative estimate of drug-likeness (QED) is 0.101. The molecule has 2 aliphatic heterocycles. The van der Waals surface area contributed by atoms with Gasteiger partial charge < -0.3 is 14.3 Å². The predicted molar refractivity (Wildman–Crippen MR) is 195 cm³/mol. The molecule has 0 aliphatic carbocycles. The fraction of sp³-hybridized carbons (Fsp3) is 0.474. The lowest BCUT2D eigenvalue weighted by Crippen LogP contribution is -2.39. The number of para-hydroxylation sites is 1. The Labute approximate surface area is 307 Å². The van der Waals surface area contributed by atoms with E-state index in [-0.39, 0.29) is 30.0 Å². The van der Waals surface area contributed by atoms with E-state index in [0.717, 1.165) is 99.2 Å². The van der Waals surface area contributed by atoms with Gasteiger partial charge in [0.15, 0.2) is 5.58 Å². The topological polar surface area (TPSA) is 178 Å². The largest absolute Gasteiger partial charge is 0.356 e. The molecule has 4 aromatic rings. The van der Waals surface area contributed by atoms with Gasteiger partial charge in [0.2, 0.25) is 23.6 Å². The SMILES string of the molecule is O=C(CCCC1CCN(C(=O)Cc2csc(-c3ccccc3)n2)CC1)NO.O=C(CCCC1CCN(C(=O)Cc2noc3ccccc23)CC1)NO. The van der Waals surface area contributed by atoms with Crippen molar-refractivity contribution in [3.63, 3.8) is 0 Å². The van der Waals surface area contributed by atoms with E-state index in [1.54, 1.807) is 22.3 Å². The highest BCUT2D eigenvalue weighted by Crippen LogP contribution is 2.27. The summed E-state index contributed by atoms with van der Waals surface area (Å²) in [5, 5.41) is 24.8. The molecule has 0 bridgehead atoms. The standard InChI is InChI=1S/C20H25N3O3S.C18H23N3O4/c24-18(22-26)8-4-5-15-9-11-23(12-10-15)19(25)13-17-14-27-20(21-17)16-6-2-1-3-7-16;22-17(19-24)7-3-4-13-8-10-21(11-9-13)18(23)12-15-14-5-1-2-6-16(14)25-20-15/h1-3,6-7,14-15,26H,4-5,8-13H2,(H,22,24);1-2,5-6,13,24H,3-4,7-12H2,(H,19,22). The Morgan fingerprint density at radius 1 is 0.750 bits per heavy atom. The second-order valence-electron chi connectivity index (χ2n) is 13.5. The number of hydrogen-bond donors (Lipinski definition) is 4. The zero-order valence-corrected chi connectivity index (χ0v) is 30.2. The number of nitrogens with zero attached hydrogens (tertiary/aromatic N) is 4. The van der Waals surface area contributed by atoms with E-state index in [1.165, 1.54) is 0 Å². The van der Waals surface area contributed by atoms with Crippen LogP contribution in [-0.2, 0) is 32.0 Å². The van der Waals surface area contributed by atoms with E-state index < -0.39 is 0 Å². The predicted octanol–water partition coefficient (Wildman–Crippen LogP) is 5.55. The van der Waals surface area contributed by atoms with Gasteiger partial charge in [-0.3, -0.25) is 29.6 Å². The van der Waals surface area contributed by atoms with Crippen molar-refractivity contribution < 1.29 is 34.1 Å². The summed E-state index contributed by atoms with van der Waals surface area (Å²) < 4.78 is 5.26. The average molecular weight is 733 g/mol. The van der Waals surface area contributed by atoms with Gasteiger partial charge in [0.1, 0.15) is 10.7 Å². The molecule has 4 heterocycles. The number of piperidine rings is 2. The minimum absolute atomic E-state index is 0.0807. The third-order valence-corrected chi connectivity index (χ3v) is 10.8. The summed E-state index contributed by atoms with van der Waals surface area (Å²) in [6.45, 7) is 3.02. The van der Waals surface area contributed by atoms with Gasteiger partial charge in [-0.15, -0.1) is 11.3 Å². The fourth-order valence-electron chi connectivity index (χ4n) is 6.85. The summed E-state index contributed by atoms with van der Waals surface area (Å²) in [5.41, 5.74) is 6.63. The Bertz CT molecular complexity index is 1750. The first kappa shape index (κ1) is 38.6. The van der Waals surface area contributed by atoms with Crippen molar-refractivity contribution in [1.82, 2.24) is 30.9 Å². The summed E-state index contributed by atoms with van der Waals surface area (Å²) >= 11 is 1.57. The zero-order valence-electron chi connectivity index (χ0n) is 29.4. The number of carbonyl (C=O) groups is 4. The molecule has 0 atom stereocenters. The van der Waals surface area contributed by atoms with Crippen LogP contribution in [0.2, 0.25) is 0 Å². The van der Waals surface area contributed by atoms with Crippen LogP contribution in [0.5, 0.6) is 0 Å². The number of fused-ring (bicyclic) bond motifs is 1. The van der Waals surface area contributed by atoms with E-state index in [2.05, 4.69) is 10.1 Å². The lowest BCUT2D eigenvalue weighted by Gasteiger charge is -2.32. The molecule has 52 heavy (non-hydrogen) atoms. The Kier molecular flexibility index (Phi) is 14.7. The Morgan fingerprint density at radius 2 is 1.29 bits per heavy atom. The lowest BCUT2D eigenvalue weighted by atomic mass is 9.91. The summed E-state index contributed by atoms with van der Waals surface area (Å²) in [6, 6.07) is 17.6. The Balaban J connectivity index is 0.000000202. The monoisotopic (exact) mass is 732 g/mol. The highest BCUT2D eigenvalue weighted by molar-refractivity contribution is 7.13. The van der Waals surface area contributed by atoms with Crippen molar-refractivity contribution in [2.75, 3.05) is 26.2 Å². The molecule has 2 aromatic heterocycles. The van der Waals surface area contributed by atoms with Gasteiger partial charge in [0.05, 0.1) is 18.5 Å². The van der Waals surface area contributed by atoms with Crippen molar-refractivity contribution in [2.45, 2.75) is 77.0 Å². The highest BCUT2D eigenvalue weighted by Gasteiger charge is 2.25. The second-order valence-corrected chi connectivity index (χ2v) is 14.3. The molecular formula is C38H48N6O7S. The molecule has 4 N–H and O–H groups in total. The lowest BCUT2D eigenvalue weighted by molar-refractivity contribution is -0.132. The number of aromatic nitrogens is 2. The smallest absolute Gasteiger partial charge is 0.243 e. The van der Waals surface area contributed by atoms with Crippen molar-refractivity contribution in [3.8, 4) is 10.6 Å². The fourth-order valence-corrected chi connectivity index (χ4v) is 7.67. The summed E-state index contributed by atoms with van der Waals surface area (Å²) in [5.74, 6) is 0.622. The number of likely N-dealkylation sites (tertiary alicyclic amines) is 2. The molecule has 0 spiro atoms. The van der Waals surface area contributed by atoms with Crippen molar-refractivity contribution in [3.05, 3.63) is 71.4 Å². The van der Waals surface area contributed by atoms with E-state index >= 15 is 0 Å². The molecule has 4 amide bonds. The molecule has 0 saturated carbocycles. The van der Waals surface area contributed by atoms with Gasteiger partial charge in [0, 0.05) is 55.4 Å². The molecular weight excluding hydrogens is 685 g/mol. The normalized spacial score (nSPS) is 15.2. The minimum atomic E-state index is -0.340. The molecule has 13 nitrogen and oxygen atoms in total. The third kappa shape index (κ3) is 11.4. The number of carbonyl (C=O) groups excluding carboxylic acids is 4. The van der Waals surface area contributed by atoms with Crippen molar-refractivity contribution >= 4 is 45.9 Å². The summed E-state index contributed by atoms with van der Waals surface area (Å²) in [6.07, 6.45) is 8.59. The van der Waals surface area contributed by atoms with E-state index in [9.17, 15) is 19.2 Å². The van der Waals surface area contributed by atoms with Gasteiger partial charge in [0.25, 0.3) is 0 Å². The van der Waals surface area contributed by atoms with Crippen LogP contribution in [-0.4, -0.2) is 80.2 Å². The number of hydroxylamine groups is 2. The minimum Gasteiger partial charge on any atom is -0.356 e. The van der Waals surface area contributed by atoms with Gasteiger partial charge in [-0.1, -0.05) is 47.6 Å². The number of thiazole rings is 1. The van der Waals surface area contributed by atoms with Crippen LogP contribution in [0.3, 0.4) is 0 Å². The number of nitrogens with one attached hydrogen (secondary N) is 2. The zero-order chi connectivity index (χ0) is 36.7. The Hall–Kier alpha value is -4.66. The molecule has 278 valence electrons. The molecule has 0 unspecified atom stereocenters. The highest BCUT2D eigenvalue weighted by atomic mass is 32.1. The Morgan fingerprint density at radius 3 is 1.87 bits per heavy atom. The van der Waals surface area contributed by atoms with E-state index in [4.69, 9.17) is 14.9 Å². The molecule has 2 aliphatic rings. The molecule has 0 radical (unpaired) electrons. The van der Waals surface area contributed by atoms with Crippen LogP contribution in [0.4, 0.5) is 0 Å².